The Labute approximate surface area is 126 Å². The molecule has 0 aliphatic carbocycles. The molecule has 0 bridgehead atoms. The molecule has 7 heteroatoms. The summed E-state index contributed by atoms with van der Waals surface area (Å²) < 4.78 is 4.62. The fourth-order valence-electron chi connectivity index (χ4n) is 1.18. The number of carbonyl (C=O) groups is 1. The Morgan fingerprint density at radius 1 is 1.47 bits per heavy atom. The fourth-order valence-corrected chi connectivity index (χ4v) is 1.18. The summed E-state index contributed by atoms with van der Waals surface area (Å²) in [7, 11) is 0. The number of nitrogens with two attached hydrogens (primary N) is 2. The van der Waals surface area contributed by atoms with Crippen LogP contribution in [-0.4, -0.2) is 18.7 Å². The van der Waals surface area contributed by atoms with Crippen molar-refractivity contribution in [3.05, 3.63) is 43.3 Å². The Morgan fingerprint density at radius 3 is 2.42 bits per heavy atom. The van der Waals surface area contributed by atoms with Gasteiger partial charge < -0.3 is 33.4 Å². The van der Waals surface area contributed by atoms with Crippen molar-refractivity contribution in [2.75, 3.05) is 11.9 Å². The molecule has 102 valence electrons. The number of hydrogen-bond donors (Lipinski definition) is 3. The Balaban J connectivity index is 0.000000392. The molecular weight excluding hydrogens is 416 g/mol. The van der Waals surface area contributed by atoms with E-state index in [9.17, 15) is 4.79 Å². The topological polar surface area (TPSA) is 103 Å². The van der Waals surface area contributed by atoms with Crippen molar-refractivity contribution in [3.63, 3.8) is 0 Å². The molecule has 0 unspecified atom stereocenters. The number of aliphatic imine (C=N–C) groups is 1. The van der Waals surface area contributed by atoms with Gasteiger partial charge >= 0.3 is 27.1 Å². The minimum absolute atomic E-state index is 0. The zero-order valence-corrected chi connectivity index (χ0v) is 13.3. The number of nitrogens with zero attached hydrogens (tertiary/aromatic N) is 1. The molecule has 1 aliphatic heterocycles. The molecule has 2 rings (SSSR count). The van der Waals surface area contributed by atoms with Crippen LogP contribution in [0.25, 0.3) is 0 Å². The van der Waals surface area contributed by atoms with Crippen LogP contribution in [0.3, 0.4) is 0 Å². The van der Waals surface area contributed by atoms with Crippen LogP contribution in [0.15, 0.2) is 29.3 Å². The van der Waals surface area contributed by atoms with E-state index in [1.54, 1.807) is 18.7 Å². The number of anilines is 1. The van der Waals surface area contributed by atoms with Crippen molar-refractivity contribution >= 4 is 17.7 Å². The summed E-state index contributed by atoms with van der Waals surface area (Å²) in [5, 5.41) is 2.47. The van der Waals surface area contributed by atoms with Gasteiger partial charge in [0.05, 0.1) is 0 Å². The van der Waals surface area contributed by atoms with Crippen molar-refractivity contribution < 1.29 is 30.6 Å². The second-order valence-electron chi connectivity index (χ2n) is 3.40. The first-order chi connectivity index (χ1) is 8.61. The summed E-state index contributed by atoms with van der Waals surface area (Å²) >= 11 is 0. The Kier molecular flexibility index (Phi) is 8.45. The van der Waals surface area contributed by atoms with Crippen molar-refractivity contribution in [3.8, 4) is 0 Å². The molecule has 0 saturated heterocycles. The average Bonchev–Trinajstić information content (AvgIpc) is 2.81. The van der Waals surface area contributed by atoms with Gasteiger partial charge in [0, 0.05) is 12.3 Å². The number of nitrogens with one attached hydrogen (secondary N) is 1. The SMILES string of the molecule is NC1=N[CH-]CO1.[CH2-]Cc1ccc(NC(N)=O)cc1.[W+2]. The van der Waals surface area contributed by atoms with E-state index in [0.29, 0.717) is 12.3 Å². The van der Waals surface area contributed by atoms with Crippen molar-refractivity contribution in [1.29, 1.82) is 0 Å². The fraction of sp³-hybridized carbons (Fsp3) is 0.167. The minimum atomic E-state index is -0.544. The third kappa shape index (κ3) is 7.36. The molecule has 5 N–H and O–H groups in total. The number of ether oxygens (including phenoxy) is 1. The maximum atomic E-state index is 10.4. The maximum Gasteiger partial charge on any atom is 2.00 e. The number of amidine groups is 1. The van der Waals surface area contributed by atoms with Gasteiger partial charge in [0.25, 0.3) is 0 Å². The summed E-state index contributed by atoms with van der Waals surface area (Å²) in [5.74, 6) is 0. The van der Waals surface area contributed by atoms with Crippen LogP contribution >= 0.6 is 0 Å². The third-order valence-corrected chi connectivity index (χ3v) is 2.03. The van der Waals surface area contributed by atoms with Crippen molar-refractivity contribution in [2.45, 2.75) is 6.42 Å². The van der Waals surface area contributed by atoms with E-state index in [2.05, 4.69) is 22.0 Å². The van der Waals surface area contributed by atoms with E-state index >= 15 is 0 Å². The van der Waals surface area contributed by atoms with Crippen molar-refractivity contribution in [2.24, 2.45) is 16.5 Å². The predicted molar refractivity (Wildman–Crippen MR) is 70.6 cm³/mol. The number of carbonyl (C=O) groups excluding carboxylic acids is 1. The van der Waals surface area contributed by atoms with Crippen LogP contribution in [-0.2, 0) is 32.2 Å². The number of rotatable bonds is 2. The zero-order chi connectivity index (χ0) is 13.4. The Hall–Kier alpha value is -1.68. The molecule has 6 nitrogen and oxygen atoms in total. The summed E-state index contributed by atoms with van der Waals surface area (Å²) in [6, 6.07) is 7.12. The molecular formula is C12H16N4O2W. The van der Waals surface area contributed by atoms with Gasteiger partial charge in [0.2, 0.25) is 0 Å². The monoisotopic (exact) mass is 432 g/mol. The molecule has 0 saturated carbocycles. The summed E-state index contributed by atoms with van der Waals surface area (Å²) in [4.78, 5) is 14.0. The van der Waals surface area contributed by atoms with Gasteiger partial charge in [-0.3, -0.25) is 0 Å². The molecule has 1 heterocycles. The van der Waals surface area contributed by atoms with Gasteiger partial charge in [-0.15, -0.1) is 6.54 Å². The van der Waals surface area contributed by atoms with Gasteiger partial charge in [0.1, 0.15) is 6.02 Å². The van der Waals surface area contributed by atoms with Gasteiger partial charge in [-0.25, -0.2) is 4.79 Å². The quantitative estimate of drug-likeness (QED) is 0.609. The molecule has 1 aromatic carbocycles. The predicted octanol–water partition coefficient (Wildman–Crippen LogP) is 1.04. The first kappa shape index (κ1) is 17.3. The number of primary amides is 1. The second-order valence-corrected chi connectivity index (χ2v) is 3.40. The van der Waals surface area contributed by atoms with Crippen LogP contribution in [0.5, 0.6) is 0 Å². The number of hydrogen-bond acceptors (Lipinski definition) is 4. The minimum Gasteiger partial charge on any atom is -0.562 e. The molecule has 0 atom stereocenters. The Bertz CT molecular complexity index is 420. The average molecular weight is 432 g/mol. The van der Waals surface area contributed by atoms with Gasteiger partial charge in [-0.1, -0.05) is 17.7 Å². The summed E-state index contributed by atoms with van der Waals surface area (Å²) in [5.41, 5.74) is 11.8. The van der Waals surface area contributed by atoms with E-state index in [0.717, 1.165) is 12.0 Å². The maximum absolute atomic E-state index is 10.4. The normalized spacial score (nSPS) is 11.7. The van der Waals surface area contributed by atoms with Crippen LogP contribution in [0.4, 0.5) is 10.5 Å². The van der Waals surface area contributed by atoms with E-state index < -0.39 is 6.03 Å². The smallest absolute Gasteiger partial charge is 0.562 e. The molecule has 0 aromatic heterocycles. The van der Waals surface area contributed by atoms with E-state index in [4.69, 9.17) is 11.5 Å². The Morgan fingerprint density at radius 2 is 2.11 bits per heavy atom. The zero-order valence-electron chi connectivity index (χ0n) is 10.3. The first-order valence-corrected chi connectivity index (χ1v) is 5.34. The number of amides is 2. The largest absolute Gasteiger partial charge is 2.00 e. The van der Waals surface area contributed by atoms with Crippen LogP contribution < -0.4 is 16.8 Å². The molecule has 19 heavy (non-hydrogen) atoms. The van der Waals surface area contributed by atoms with E-state index in [1.807, 2.05) is 12.1 Å². The van der Waals surface area contributed by atoms with Gasteiger partial charge in [-0.2, -0.15) is 6.42 Å². The van der Waals surface area contributed by atoms with E-state index in [1.165, 1.54) is 0 Å². The molecule has 0 spiro atoms. The standard InChI is InChI=1S/C9H11N2O.C3H5N2O.W/c1-2-7-3-5-8(6-4-7)11-9(10)12;4-3-5-1-2-6-3;/h3-6H,1-2H2,(H3,10,11,12);1H,2H2,(H2,4,5);/q2*-1;+2. The summed E-state index contributed by atoms with van der Waals surface area (Å²) in [6.07, 6.45) is 0.747. The molecule has 1 aromatic rings. The third-order valence-electron chi connectivity index (χ3n) is 2.03. The second kappa shape index (κ2) is 9.28. The van der Waals surface area contributed by atoms with Gasteiger partial charge in [0.15, 0.2) is 0 Å². The molecule has 0 radical (unpaired) electrons. The van der Waals surface area contributed by atoms with Crippen LogP contribution in [0, 0.1) is 13.5 Å². The number of urea groups is 1. The van der Waals surface area contributed by atoms with E-state index in [-0.39, 0.29) is 27.1 Å². The molecule has 1 aliphatic rings. The van der Waals surface area contributed by atoms with Crippen LogP contribution in [0.1, 0.15) is 5.56 Å². The van der Waals surface area contributed by atoms with Crippen molar-refractivity contribution in [1.82, 2.24) is 0 Å². The molecule has 0 fully saturated rings. The van der Waals surface area contributed by atoms with Gasteiger partial charge in [-0.05, 0) is 12.1 Å². The first-order valence-electron chi connectivity index (χ1n) is 5.34. The summed E-state index contributed by atoms with van der Waals surface area (Å²) in [6.45, 7) is 5.89. The van der Waals surface area contributed by atoms with Crippen LogP contribution in [0.2, 0.25) is 0 Å². The number of benzene rings is 1. The molecule has 2 amide bonds.